The molecule has 0 saturated carbocycles. The highest BCUT2D eigenvalue weighted by Gasteiger charge is 2.35. The van der Waals surface area contributed by atoms with Gasteiger partial charge >= 0.3 is 6.18 Å². The number of aromatic amines is 1. The zero-order chi connectivity index (χ0) is 13.6. The van der Waals surface area contributed by atoms with Crippen molar-refractivity contribution in [1.82, 2.24) is 15.2 Å². The maximum atomic E-state index is 13.1. The van der Waals surface area contributed by atoms with E-state index in [9.17, 15) is 17.6 Å². The monoisotopic (exact) mass is 287 g/mol. The van der Waals surface area contributed by atoms with Crippen LogP contribution < -0.4 is 0 Å². The highest BCUT2D eigenvalue weighted by atomic mass is 32.1. The van der Waals surface area contributed by atoms with Crippen LogP contribution in [-0.2, 0) is 6.18 Å². The van der Waals surface area contributed by atoms with Crippen molar-refractivity contribution < 1.29 is 17.6 Å². The number of H-pyrrole nitrogens is 1. The second-order valence-electron chi connectivity index (χ2n) is 3.79. The summed E-state index contributed by atoms with van der Waals surface area (Å²) >= 11 is 0.599. The molecule has 0 radical (unpaired) electrons. The normalized spacial score (nSPS) is 12.2. The van der Waals surface area contributed by atoms with Crippen molar-refractivity contribution in [2.75, 3.05) is 0 Å². The number of fused-ring (bicyclic) bond motifs is 1. The third-order valence-corrected chi connectivity index (χ3v) is 3.58. The van der Waals surface area contributed by atoms with E-state index in [1.165, 1.54) is 17.6 Å². The highest BCUT2D eigenvalue weighted by molar-refractivity contribution is 7.10. The van der Waals surface area contributed by atoms with Crippen molar-refractivity contribution in [2.45, 2.75) is 6.18 Å². The number of rotatable bonds is 1. The lowest BCUT2D eigenvalue weighted by Crippen LogP contribution is -2.03. The Morgan fingerprint density at radius 1 is 1.16 bits per heavy atom. The SMILES string of the molecule is Fc1cc2c(-c3ccsc3C(F)(F)F)c[nH]c2nn1. The fraction of sp³-hybridized carbons (Fsp3) is 0.0909. The number of hydrogen-bond donors (Lipinski definition) is 1. The van der Waals surface area contributed by atoms with Crippen LogP contribution in [0.5, 0.6) is 0 Å². The molecule has 0 aliphatic carbocycles. The molecule has 0 amide bonds. The first-order chi connectivity index (χ1) is 8.97. The molecule has 0 fully saturated rings. The molecule has 0 saturated heterocycles. The number of hydrogen-bond acceptors (Lipinski definition) is 3. The van der Waals surface area contributed by atoms with Gasteiger partial charge in [0.05, 0.1) is 0 Å². The van der Waals surface area contributed by atoms with E-state index in [0.29, 0.717) is 11.3 Å². The topological polar surface area (TPSA) is 41.6 Å². The van der Waals surface area contributed by atoms with Gasteiger partial charge in [0, 0.05) is 28.8 Å². The van der Waals surface area contributed by atoms with Gasteiger partial charge in [0.15, 0.2) is 5.65 Å². The predicted molar refractivity (Wildman–Crippen MR) is 62.2 cm³/mol. The molecule has 0 aliphatic rings. The molecule has 19 heavy (non-hydrogen) atoms. The fourth-order valence-electron chi connectivity index (χ4n) is 1.86. The number of nitrogens with zero attached hydrogens (tertiary/aromatic N) is 2. The third-order valence-electron chi connectivity index (χ3n) is 2.62. The molecule has 3 aromatic rings. The summed E-state index contributed by atoms with van der Waals surface area (Å²) in [6.45, 7) is 0. The smallest absolute Gasteiger partial charge is 0.344 e. The van der Waals surface area contributed by atoms with Crippen LogP contribution in [-0.4, -0.2) is 15.2 Å². The summed E-state index contributed by atoms with van der Waals surface area (Å²) in [5.41, 5.74) is 0.518. The summed E-state index contributed by atoms with van der Waals surface area (Å²) < 4.78 is 51.6. The lowest BCUT2D eigenvalue weighted by atomic mass is 10.1. The van der Waals surface area contributed by atoms with E-state index in [1.54, 1.807) is 0 Å². The van der Waals surface area contributed by atoms with Gasteiger partial charge in [-0.05, 0) is 11.4 Å². The van der Waals surface area contributed by atoms with Gasteiger partial charge < -0.3 is 4.98 Å². The van der Waals surface area contributed by atoms with Gasteiger partial charge in [-0.25, -0.2) is 0 Å². The van der Waals surface area contributed by atoms with E-state index in [1.807, 2.05) is 0 Å². The summed E-state index contributed by atoms with van der Waals surface area (Å²) in [5.74, 6) is -0.836. The molecule has 0 unspecified atom stereocenters. The summed E-state index contributed by atoms with van der Waals surface area (Å²) in [4.78, 5) is 1.96. The fourth-order valence-corrected chi connectivity index (χ4v) is 2.64. The van der Waals surface area contributed by atoms with Gasteiger partial charge in [-0.1, -0.05) is 0 Å². The second kappa shape index (κ2) is 4.02. The zero-order valence-electron chi connectivity index (χ0n) is 9.12. The summed E-state index contributed by atoms with van der Waals surface area (Å²) in [5, 5.41) is 8.37. The summed E-state index contributed by atoms with van der Waals surface area (Å²) in [7, 11) is 0. The van der Waals surface area contributed by atoms with Crippen molar-refractivity contribution in [3.8, 4) is 11.1 Å². The number of aromatic nitrogens is 3. The first kappa shape index (κ1) is 12.1. The lowest BCUT2D eigenvalue weighted by Gasteiger charge is -2.06. The van der Waals surface area contributed by atoms with Crippen LogP contribution in [0.25, 0.3) is 22.2 Å². The Hall–Kier alpha value is -1.96. The van der Waals surface area contributed by atoms with Gasteiger partial charge in [-0.3, -0.25) is 0 Å². The van der Waals surface area contributed by atoms with Gasteiger partial charge in [0.1, 0.15) is 4.88 Å². The number of thiophene rings is 1. The average molecular weight is 287 g/mol. The minimum absolute atomic E-state index is 0.0103. The van der Waals surface area contributed by atoms with Crippen molar-refractivity contribution in [2.24, 2.45) is 0 Å². The number of alkyl halides is 3. The van der Waals surface area contributed by atoms with Gasteiger partial charge in [0.25, 0.3) is 0 Å². The van der Waals surface area contributed by atoms with Gasteiger partial charge in [-0.15, -0.1) is 21.5 Å². The maximum absolute atomic E-state index is 13.1. The van der Waals surface area contributed by atoms with E-state index < -0.39 is 17.0 Å². The van der Waals surface area contributed by atoms with Crippen LogP contribution in [0.2, 0.25) is 0 Å². The molecule has 1 N–H and O–H groups in total. The average Bonchev–Trinajstić information content (AvgIpc) is 2.91. The summed E-state index contributed by atoms with van der Waals surface area (Å²) in [6, 6.07) is 2.42. The van der Waals surface area contributed by atoms with E-state index in [2.05, 4.69) is 15.2 Å². The van der Waals surface area contributed by atoms with E-state index in [4.69, 9.17) is 0 Å². The standard InChI is InChI=1S/C11H5F4N3S/c12-8-3-6-7(4-16-10(6)18-17-8)5-1-2-19-9(5)11(13,14)15/h1-4H,(H,16,18). The van der Waals surface area contributed by atoms with Crippen LogP contribution in [0.3, 0.4) is 0 Å². The van der Waals surface area contributed by atoms with Crippen LogP contribution in [0.1, 0.15) is 4.88 Å². The molecule has 0 atom stereocenters. The van der Waals surface area contributed by atoms with Crippen molar-refractivity contribution >= 4 is 22.4 Å². The highest BCUT2D eigenvalue weighted by Crippen LogP contribution is 2.42. The summed E-state index contributed by atoms with van der Waals surface area (Å²) in [6.07, 6.45) is -3.07. The first-order valence-corrected chi connectivity index (χ1v) is 6.00. The van der Waals surface area contributed by atoms with Crippen LogP contribution in [0.4, 0.5) is 17.6 Å². The number of halogens is 4. The molecular weight excluding hydrogens is 282 g/mol. The minimum Gasteiger partial charge on any atom is -0.344 e. The molecule has 3 rings (SSSR count). The Bertz CT molecular complexity index is 744. The first-order valence-electron chi connectivity index (χ1n) is 5.12. The largest absolute Gasteiger partial charge is 0.426 e. The second-order valence-corrected chi connectivity index (χ2v) is 4.71. The van der Waals surface area contributed by atoms with E-state index >= 15 is 0 Å². The van der Waals surface area contributed by atoms with Crippen LogP contribution >= 0.6 is 11.3 Å². The number of nitrogens with one attached hydrogen (secondary N) is 1. The Morgan fingerprint density at radius 2 is 1.95 bits per heavy atom. The molecule has 0 bridgehead atoms. The molecule has 3 heterocycles. The van der Waals surface area contributed by atoms with Crippen molar-refractivity contribution in [3.05, 3.63) is 34.5 Å². The zero-order valence-corrected chi connectivity index (χ0v) is 9.94. The molecule has 0 aromatic carbocycles. The van der Waals surface area contributed by atoms with E-state index in [0.717, 1.165) is 6.07 Å². The van der Waals surface area contributed by atoms with E-state index in [-0.39, 0.29) is 22.2 Å². The van der Waals surface area contributed by atoms with Crippen molar-refractivity contribution in [1.29, 1.82) is 0 Å². The molecule has 0 aliphatic heterocycles. The molecule has 3 aromatic heterocycles. The van der Waals surface area contributed by atoms with Crippen molar-refractivity contribution in [3.63, 3.8) is 0 Å². The molecule has 98 valence electrons. The van der Waals surface area contributed by atoms with Crippen LogP contribution in [0.15, 0.2) is 23.7 Å². The molecular formula is C11H5F4N3S. The Labute approximate surface area is 107 Å². The van der Waals surface area contributed by atoms with Gasteiger partial charge in [-0.2, -0.15) is 17.6 Å². The molecule has 8 heteroatoms. The minimum atomic E-state index is -4.44. The quantitative estimate of drug-likeness (QED) is 0.691. The lowest BCUT2D eigenvalue weighted by molar-refractivity contribution is -0.133. The van der Waals surface area contributed by atoms with Gasteiger partial charge in [0.2, 0.25) is 5.95 Å². The molecule has 0 spiro atoms. The maximum Gasteiger partial charge on any atom is 0.426 e. The Kier molecular flexibility index (Phi) is 2.56. The Balaban J connectivity index is 2.26. The third kappa shape index (κ3) is 1.97. The molecule has 3 nitrogen and oxygen atoms in total. The Morgan fingerprint density at radius 3 is 2.68 bits per heavy atom. The predicted octanol–water partition coefficient (Wildman–Crippen LogP) is 3.84. The van der Waals surface area contributed by atoms with Crippen LogP contribution in [0, 0.1) is 5.95 Å².